The van der Waals surface area contributed by atoms with Gasteiger partial charge in [0.1, 0.15) is 0 Å². The molecule has 68 valence electrons. The Hall–Kier alpha value is -0.440. The van der Waals surface area contributed by atoms with Gasteiger partial charge in [0.15, 0.2) is 0 Å². The second-order valence-corrected chi connectivity index (χ2v) is 4.39. The Balaban J connectivity index is 3.93. The molecule has 2 atom stereocenters. The van der Waals surface area contributed by atoms with Crippen molar-refractivity contribution in [2.75, 3.05) is 6.54 Å². The maximum atomic E-state index is 10.4. The second kappa shape index (κ2) is 6.12. The van der Waals surface area contributed by atoms with Crippen molar-refractivity contribution in [1.29, 1.82) is 0 Å². The summed E-state index contributed by atoms with van der Waals surface area (Å²) in [6, 6.07) is -0.491. The molecule has 3 N–H and O–H groups in total. The molecule has 0 aliphatic carbocycles. The number of carbonyl (C=O) groups is 1. The number of hydrogen-bond acceptors (Lipinski definition) is 1. The Bertz CT molecular complexity index is 205. The van der Waals surface area contributed by atoms with Crippen LogP contribution in [0.1, 0.15) is 13.8 Å². The molecule has 0 aliphatic heterocycles. The summed E-state index contributed by atoms with van der Waals surface area (Å²) in [5.41, 5.74) is 4.94. The lowest BCUT2D eigenvalue weighted by Gasteiger charge is -2.12. The first-order valence-electron chi connectivity index (χ1n) is 3.67. The van der Waals surface area contributed by atoms with Gasteiger partial charge in [0.25, 0.3) is 0 Å². The van der Waals surface area contributed by atoms with Gasteiger partial charge in [-0.3, -0.25) is 0 Å². The van der Waals surface area contributed by atoms with Gasteiger partial charge in [-0.05, 0) is 6.92 Å². The standard InChI is InChI=1S/C8H13IN2O/c1-3-4-7(6(2)9)5-11-8(10)12/h6-7H,5H2,1-2H3,(H3,10,11,12). The van der Waals surface area contributed by atoms with E-state index in [9.17, 15) is 4.79 Å². The predicted molar refractivity (Wildman–Crippen MR) is 58.0 cm³/mol. The molecule has 0 rings (SSSR count). The molecule has 0 heterocycles. The Morgan fingerprint density at radius 3 is 2.67 bits per heavy atom. The minimum atomic E-state index is -0.491. The van der Waals surface area contributed by atoms with E-state index in [1.807, 2.05) is 0 Å². The summed E-state index contributed by atoms with van der Waals surface area (Å²) in [7, 11) is 0. The summed E-state index contributed by atoms with van der Waals surface area (Å²) in [4.78, 5) is 10.4. The van der Waals surface area contributed by atoms with E-state index in [1.54, 1.807) is 6.92 Å². The smallest absolute Gasteiger partial charge is 0.312 e. The number of rotatable bonds is 3. The Morgan fingerprint density at radius 1 is 1.75 bits per heavy atom. The molecule has 0 fully saturated rings. The van der Waals surface area contributed by atoms with Crippen molar-refractivity contribution in [1.82, 2.24) is 5.32 Å². The first-order valence-corrected chi connectivity index (χ1v) is 4.92. The number of urea groups is 1. The highest BCUT2D eigenvalue weighted by molar-refractivity contribution is 14.1. The zero-order chi connectivity index (χ0) is 9.56. The molecule has 0 saturated heterocycles. The first kappa shape index (κ1) is 11.6. The van der Waals surface area contributed by atoms with Crippen molar-refractivity contribution >= 4 is 28.6 Å². The number of hydrogen-bond donors (Lipinski definition) is 2. The van der Waals surface area contributed by atoms with E-state index in [0.29, 0.717) is 10.5 Å². The Kier molecular flexibility index (Phi) is 5.89. The maximum Gasteiger partial charge on any atom is 0.312 e. The van der Waals surface area contributed by atoms with Crippen molar-refractivity contribution in [2.24, 2.45) is 11.7 Å². The molecule has 3 nitrogen and oxygen atoms in total. The maximum absolute atomic E-state index is 10.4. The van der Waals surface area contributed by atoms with E-state index in [4.69, 9.17) is 5.73 Å². The van der Waals surface area contributed by atoms with Gasteiger partial charge in [0, 0.05) is 16.4 Å². The molecule has 12 heavy (non-hydrogen) atoms. The number of amides is 2. The quantitative estimate of drug-likeness (QED) is 0.454. The largest absolute Gasteiger partial charge is 0.352 e. The minimum absolute atomic E-state index is 0.183. The van der Waals surface area contributed by atoms with Gasteiger partial charge in [-0.15, -0.1) is 5.92 Å². The third-order valence-electron chi connectivity index (χ3n) is 1.38. The lowest BCUT2D eigenvalue weighted by atomic mass is 10.1. The number of primary amides is 1. The molecule has 0 aliphatic rings. The van der Waals surface area contributed by atoms with E-state index in [0.717, 1.165) is 0 Å². The molecule has 2 unspecified atom stereocenters. The van der Waals surface area contributed by atoms with Crippen molar-refractivity contribution in [3.05, 3.63) is 0 Å². The fourth-order valence-electron chi connectivity index (χ4n) is 0.724. The summed E-state index contributed by atoms with van der Waals surface area (Å²) in [5, 5.41) is 2.54. The van der Waals surface area contributed by atoms with Gasteiger partial charge in [-0.2, -0.15) is 0 Å². The van der Waals surface area contributed by atoms with E-state index >= 15 is 0 Å². The van der Waals surface area contributed by atoms with Crippen LogP contribution in [-0.2, 0) is 0 Å². The van der Waals surface area contributed by atoms with E-state index in [1.165, 1.54) is 0 Å². The van der Waals surface area contributed by atoms with Crippen LogP contribution in [0.5, 0.6) is 0 Å². The third kappa shape index (κ3) is 5.24. The van der Waals surface area contributed by atoms with Crippen molar-refractivity contribution in [3.8, 4) is 11.8 Å². The van der Waals surface area contributed by atoms with Gasteiger partial charge in [0.05, 0.1) is 0 Å². The number of alkyl halides is 1. The molecule has 0 radical (unpaired) electrons. The highest BCUT2D eigenvalue weighted by Gasteiger charge is 2.11. The first-order chi connectivity index (χ1) is 5.57. The Labute approximate surface area is 86.6 Å². The zero-order valence-corrected chi connectivity index (χ0v) is 9.38. The fourth-order valence-corrected chi connectivity index (χ4v) is 1.16. The van der Waals surface area contributed by atoms with Crippen LogP contribution >= 0.6 is 22.6 Å². The van der Waals surface area contributed by atoms with Crippen LogP contribution in [0, 0.1) is 17.8 Å². The van der Waals surface area contributed by atoms with Crippen LogP contribution in [0.15, 0.2) is 0 Å². The van der Waals surface area contributed by atoms with Crippen molar-refractivity contribution in [2.45, 2.75) is 17.8 Å². The Morgan fingerprint density at radius 2 is 2.33 bits per heavy atom. The van der Waals surface area contributed by atoms with Crippen LogP contribution in [0.3, 0.4) is 0 Å². The zero-order valence-electron chi connectivity index (χ0n) is 7.23. The highest BCUT2D eigenvalue weighted by Crippen LogP contribution is 2.10. The molecule has 2 amide bonds. The van der Waals surface area contributed by atoms with Gasteiger partial charge in [-0.25, -0.2) is 4.79 Å². The number of carbonyl (C=O) groups excluding carboxylic acids is 1. The predicted octanol–water partition coefficient (Wildman–Crippen LogP) is 1.12. The molecule has 0 aromatic carbocycles. The van der Waals surface area contributed by atoms with Crippen molar-refractivity contribution < 1.29 is 4.79 Å². The monoisotopic (exact) mass is 280 g/mol. The summed E-state index contributed by atoms with van der Waals surface area (Å²) < 4.78 is 0.405. The van der Waals surface area contributed by atoms with E-state index < -0.39 is 6.03 Å². The van der Waals surface area contributed by atoms with E-state index in [2.05, 4.69) is 46.7 Å². The normalized spacial score (nSPS) is 13.9. The third-order valence-corrected chi connectivity index (χ3v) is 2.25. The molecule has 0 bridgehead atoms. The number of nitrogens with two attached hydrogens (primary N) is 1. The molecule has 0 spiro atoms. The number of nitrogens with one attached hydrogen (secondary N) is 1. The second-order valence-electron chi connectivity index (χ2n) is 2.42. The van der Waals surface area contributed by atoms with Gasteiger partial charge >= 0.3 is 6.03 Å². The van der Waals surface area contributed by atoms with Crippen LogP contribution < -0.4 is 11.1 Å². The van der Waals surface area contributed by atoms with Crippen LogP contribution in [-0.4, -0.2) is 16.5 Å². The summed E-state index contributed by atoms with van der Waals surface area (Å²) in [6.45, 7) is 4.37. The van der Waals surface area contributed by atoms with Gasteiger partial charge < -0.3 is 11.1 Å². The lowest BCUT2D eigenvalue weighted by molar-refractivity contribution is 0.248. The SMILES string of the molecule is CC#CC(CNC(N)=O)C(C)I. The average Bonchev–Trinajstić information content (AvgIpc) is 1.96. The topological polar surface area (TPSA) is 55.1 Å². The van der Waals surface area contributed by atoms with Crippen molar-refractivity contribution in [3.63, 3.8) is 0 Å². The lowest BCUT2D eigenvalue weighted by Crippen LogP contribution is -2.35. The number of halogens is 1. The molecule has 0 aromatic rings. The molecule has 4 heteroatoms. The highest BCUT2D eigenvalue weighted by atomic mass is 127. The average molecular weight is 280 g/mol. The van der Waals surface area contributed by atoms with Crippen LogP contribution in [0.25, 0.3) is 0 Å². The van der Waals surface area contributed by atoms with Gasteiger partial charge in [-0.1, -0.05) is 35.4 Å². The van der Waals surface area contributed by atoms with E-state index in [-0.39, 0.29) is 5.92 Å². The summed E-state index contributed by atoms with van der Waals surface area (Å²) >= 11 is 2.28. The minimum Gasteiger partial charge on any atom is -0.352 e. The van der Waals surface area contributed by atoms with Crippen LogP contribution in [0.4, 0.5) is 4.79 Å². The van der Waals surface area contributed by atoms with Crippen LogP contribution in [0.2, 0.25) is 0 Å². The van der Waals surface area contributed by atoms with Gasteiger partial charge in [0.2, 0.25) is 0 Å². The summed E-state index contributed by atoms with van der Waals surface area (Å²) in [5.74, 6) is 6.02. The fraction of sp³-hybridized carbons (Fsp3) is 0.625. The summed E-state index contributed by atoms with van der Waals surface area (Å²) in [6.07, 6.45) is 0. The molecular formula is C8H13IN2O. The molecular weight excluding hydrogens is 267 g/mol. The molecule has 0 aromatic heterocycles. The molecule has 0 saturated carbocycles.